The Morgan fingerprint density at radius 2 is 1.93 bits per heavy atom. The molecular weight excluding hydrogens is 409 g/mol. The van der Waals surface area contributed by atoms with E-state index >= 15 is 0 Å². The maximum Gasteiger partial charge on any atom is 0.406 e. The molecule has 1 fully saturated rings. The summed E-state index contributed by atoms with van der Waals surface area (Å²) in [5.74, 6) is -1.55. The lowest BCUT2D eigenvalue weighted by Crippen LogP contribution is -2.47. The van der Waals surface area contributed by atoms with Crippen LogP contribution >= 0.6 is 0 Å². The first-order valence-electron chi connectivity index (χ1n) is 9.34. The van der Waals surface area contributed by atoms with Crippen molar-refractivity contribution in [3.8, 4) is 11.5 Å². The molecule has 1 N–H and O–H groups in total. The third-order valence-electron chi connectivity index (χ3n) is 4.85. The molecule has 2 aliphatic rings. The Morgan fingerprint density at radius 1 is 1.23 bits per heavy atom. The van der Waals surface area contributed by atoms with Crippen molar-refractivity contribution < 1.29 is 41.8 Å². The number of esters is 1. The zero-order chi connectivity index (χ0) is 21.9. The third kappa shape index (κ3) is 5.77. The second kappa shape index (κ2) is 8.80. The average molecular weight is 430 g/mol. The highest BCUT2D eigenvalue weighted by Gasteiger charge is 2.40. The normalized spacial score (nSPS) is 16.0. The molecule has 2 amide bonds. The molecule has 30 heavy (non-hydrogen) atoms. The Bertz CT molecular complexity index is 825. The van der Waals surface area contributed by atoms with Gasteiger partial charge in [0.2, 0.25) is 6.79 Å². The topological polar surface area (TPSA) is 94.2 Å². The molecule has 0 bridgehead atoms. The number of rotatable bonds is 8. The Kier molecular flexibility index (Phi) is 6.37. The maximum atomic E-state index is 12.8. The number of carbonyl (C=O) groups excluding carboxylic acids is 3. The molecule has 1 aliphatic carbocycles. The molecule has 1 saturated carbocycles. The van der Waals surface area contributed by atoms with Crippen molar-refractivity contribution in [2.75, 3.05) is 26.5 Å². The zero-order valence-electron chi connectivity index (χ0n) is 16.2. The number of amides is 2. The SMILES string of the molecule is CC(C1CC1)N(CC(F)(F)F)C(=O)COC(=O)CNC(=O)c1ccc2c(c1)OCO2. The van der Waals surface area contributed by atoms with E-state index in [0.29, 0.717) is 16.4 Å². The van der Waals surface area contributed by atoms with Gasteiger partial charge in [0, 0.05) is 11.6 Å². The molecule has 0 saturated heterocycles. The predicted molar refractivity (Wildman–Crippen MR) is 95.8 cm³/mol. The molecule has 0 aromatic heterocycles. The molecule has 1 atom stereocenters. The highest BCUT2D eigenvalue weighted by Crippen LogP contribution is 2.36. The van der Waals surface area contributed by atoms with Gasteiger partial charge in [-0.1, -0.05) is 0 Å². The van der Waals surface area contributed by atoms with E-state index in [2.05, 4.69) is 5.32 Å². The second-order valence-corrected chi connectivity index (χ2v) is 7.13. The minimum absolute atomic E-state index is 0.0213. The Labute approximate surface area is 170 Å². The van der Waals surface area contributed by atoms with Gasteiger partial charge >= 0.3 is 12.1 Å². The van der Waals surface area contributed by atoms with Crippen molar-refractivity contribution in [3.63, 3.8) is 0 Å². The summed E-state index contributed by atoms with van der Waals surface area (Å²) in [6.45, 7) is -1.17. The van der Waals surface area contributed by atoms with Gasteiger partial charge in [-0.05, 0) is 43.9 Å². The van der Waals surface area contributed by atoms with Crippen molar-refractivity contribution in [2.24, 2.45) is 5.92 Å². The highest BCUT2D eigenvalue weighted by molar-refractivity contribution is 5.96. The average Bonchev–Trinajstić information content (AvgIpc) is 3.44. The molecule has 0 radical (unpaired) electrons. The lowest BCUT2D eigenvalue weighted by molar-refractivity contribution is -0.170. The van der Waals surface area contributed by atoms with E-state index in [1.54, 1.807) is 13.0 Å². The maximum absolute atomic E-state index is 12.8. The standard InChI is InChI=1S/C19H21F3N2O6/c1-11(12-2-3-12)24(9-19(20,21)22)16(25)8-28-17(26)7-23-18(27)13-4-5-14-15(6-13)30-10-29-14/h4-6,11-12H,2-3,7-10H2,1H3,(H,23,27). The number of hydrogen-bond donors (Lipinski definition) is 1. The number of nitrogens with zero attached hydrogens (tertiary/aromatic N) is 1. The number of nitrogens with one attached hydrogen (secondary N) is 1. The van der Waals surface area contributed by atoms with Gasteiger partial charge in [0.25, 0.3) is 11.8 Å². The lowest BCUT2D eigenvalue weighted by atomic mass is 10.2. The molecule has 1 aliphatic heterocycles. The van der Waals surface area contributed by atoms with E-state index < -0.39 is 49.7 Å². The van der Waals surface area contributed by atoms with Gasteiger partial charge in [0.1, 0.15) is 13.1 Å². The van der Waals surface area contributed by atoms with E-state index in [1.807, 2.05) is 0 Å². The monoisotopic (exact) mass is 430 g/mol. The summed E-state index contributed by atoms with van der Waals surface area (Å²) >= 11 is 0. The van der Waals surface area contributed by atoms with Crippen molar-refractivity contribution in [3.05, 3.63) is 23.8 Å². The molecule has 1 heterocycles. The lowest BCUT2D eigenvalue weighted by Gasteiger charge is -2.30. The van der Waals surface area contributed by atoms with Crippen LogP contribution in [0.5, 0.6) is 11.5 Å². The van der Waals surface area contributed by atoms with Gasteiger partial charge in [0.05, 0.1) is 0 Å². The molecule has 164 valence electrons. The molecule has 8 nitrogen and oxygen atoms in total. The fourth-order valence-electron chi connectivity index (χ4n) is 3.05. The Morgan fingerprint density at radius 3 is 2.60 bits per heavy atom. The van der Waals surface area contributed by atoms with Crippen LogP contribution in [-0.2, 0) is 14.3 Å². The summed E-state index contributed by atoms with van der Waals surface area (Å²) in [6.07, 6.45) is -3.04. The number of hydrogen-bond acceptors (Lipinski definition) is 6. The van der Waals surface area contributed by atoms with Crippen LogP contribution in [0.2, 0.25) is 0 Å². The van der Waals surface area contributed by atoms with E-state index in [9.17, 15) is 27.6 Å². The van der Waals surface area contributed by atoms with Crippen LogP contribution in [0.15, 0.2) is 18.2 Å². The van der Waals surface area contributed by atoms with Crippen LogP contribution in [0, 0.1) is 5.92 Å². The summed E-state index contributed by atoms with van der Waals surface area (Å²) in [7, 11) is 0. The first kappa shape index (κ1) is 21.7. The predicted octanol–water partition coefficient (Wildman–Crippen LogP) is 1.88. The quantitative estimate of drug-likeness (QED) is 0.633. The molecular formula is C19H21F3N2O6. The zero-order valence-corrected chi connectivity index (χ0v) is 16.2. The number of halogens is 3. The second-order valence-electron chi connectivity index (χ2n) is 7.13. The van der Waals surface area contributed by atoms with Gasteiger partial charge in [-0.15, -0.1) is 0 Å². The fraction of sp³-hybridized carbons (Fsp3) is 0.526. The van der Waals surface area contributed by atoms with Gasteiger partial charge < -0.3 is 24.4 Å². The van der Waals surface area contributed by atoms with Gasteiger partial charge in [-0.3, -0.25) is 14.4 Å². The van der Waals surface area contributed by atoms with Gasteiger partial charge in [-0.25, -0.2) is 0 Å². The van der Waals surface area contributed by atoms with E-state index in [4.69, 9.17) is 14.2 Å². The van der Waals surface area contributed by atoms with Crippen molar-refractivity contribution in [1.29, 1.82) is 0 Å². The van der Waals surface area contributed by atoms with E-state index in [-0.39, 0.29) is 18.3 Å². The fourth-order valence-corrected chi connectivity index (χ4v) is 3.05. The van der Waals surface area contributed by atoms with Crippen molar-refractivity contribution >= 4 is 17.8 Å². The Balaban J connectivity index is 1.46. The summed E-state index contributed by atoms with van der Waals surface area (Å²) in [4.78, 5) is 36.8. The summed E-state index contributed by atoms with van der Waals surface area (Å²) in [5, 5.41) is 2.32. The smallest absolute Gasteiger partial charge is 0.406 e. The number of alkyl halides is 3. The highest BCUT2D eigenvalue weighted by atomic mass is 19.4. The van der Waals surface area contributed by atoms with Crippen molar-refractivity contribution in [1.82, 2.24) is 10.2 Å². The van der Waals surface area contributed by atoms with Gasteiger partial charge in [0.15, 0.2) is 18.1 Å². The van der Waals surface area contributed by atoms with Gasteiger partial charge in [-0.2, -0.15) is 13.2 Å². The summed E-state index contributed by atoms with van der Waals surface area (Å²) in [5.41, 5.74) is 0.220. The number of ether oxygens (including phenoxy) is 3. The van der Waals surface area contributed by atoms with E-state index in [1.165, 1.54) is 12.1 Å². The van der Waals surface area contributed by atoms with Crippen LogP contribution in [-0.4, -0.2) is 61.4 Å². The molecule has 1 unspecified atom stereocenters. The largest absolute Gasteiger partial charge is 0.454 e. The van der Waals surface area contributed by atoms with Crippen LogP contribution in [0.1, 0.15) is 30.1 Å². The Hall–Kier alpha value is -2.98. The van der Waals surface area contributed by atoms with Crippen molar-refractivity contribution in [2.45, 2.75) is 32.0 Å². The molecule has 1 aromatic rings. The minimum Gasteiger partial charge on any atom is -0.454 e. The number of carbonyl (C=O) groups is 3. The van der Waals surface area contributed by atoms with Crippen LogP contribution in [0.3, 0.4) is 0 Å². The number of fused-ring (bicyclic) bond motifs is 1. The number of benzene rings is 1. The summed E-state index contributed by atoms with van der Waals surface area (Å²) in [6, 6.07) is 3.88. The van der Waals surface area contributed by atoms with Crippen LogP contribution < -0.4 is 14.8 Å². The minimum atomic E-state index is -4.55. The van der Waals surface area contributed by atoms with Crippen LogP contribution in [0.4, 0.5) is 13.2 Å². The first-order valence-corrected chi connectivity index (χ1v) is 9.34. The third-order valence-corrected chi connectivity index (χ3v) is 4.85. The molecule has 0 spiro atoms. The van der Waals surface area contributed by atoms with Crippen LogP contribution in [0.25, 0.3) is 0 Å². The molecule has 11 heteroatoms. The summed E-state index contributed by atoms with van der Waals surface area (Å²) < 4.78 is 53.4. The molecule has 1 aromatic carbocycles. The molecule has 3 rings (SSSR count). The van der Waals surface area contributed by atoms with E-state index in [0.717, 1.165) is 12.8 Å². The first-order chi connectivity index (χ1) is 14.1.